The molecule has 1 aliphatic rings. The van der Waals surface area contributed by atoms with Gasteiger partial charge in [-0.15, -0.1) is 0 Å². The van der Waals surface area contributed by atoms with Crippen molar-refractivity contribution in [1.29, 1.82) is 0 Å². The van der Waals surface area contributed by atoms with E-state index < -0.39 is 0 Å². The van der Waals surface area contributed by atoms with Crippen LogP contribution in [0.5, 0.6) is 0 Å². The van der Waals surface area contributed by atoms with Gasteiger partial charge in [0.15, 0.2) is 0 Å². The van der Waals surface area contributed by atoms with E-state index in [0.29, 0.717) is 6.04 Å². The maximum absolute atomic E-state index is 12.1. The molecule has 2 aromatic rings. The van der Waals surface area contributed by atoms with E-state index in [2.05, 4.69) is 22.2 Å². The van der Waals surface area contributed by atoms with Gasteiger partial charge in [-0.2, -0.15) is 0 Å². The van der Waals surface area contributed by atoms with Crippen LogP contribution >= 0.6 is 0 Å². The van der Waals surface area contributed by atoms with Crippen LogP contribution in [0.2, 0.25) is 0 Å². The molecule has 0 aliphatic carbocycles. The summed E-state index contributed by atoms with van der Waals surface area (Å²) in [4.78, 5) is 17.4. The zero-order valence-corrected chi connectivity index (χ0v) is 11.1. The Labute approximate surface area is 112 Å². The fourth-order valence-corrected chi connectivity index (χ4v) is 2.74. The number of para-hydroxylation sites is 1. The van der Waals surface area contributed by atoms with Gasteiger partial charge in [-0.05, 0) is 31.0 Å². The number of nitrogens with one attached hydrogen (secondary N) is 2. The molecule has 0 amide bonds. The van der Waals surface area contributed by atoms with Gasteiger partial charge in [-0.1, -0.05) is 18.2 Å². The summed E-state index contributed by atoms with van der Waals surface area (Å²) in [5.41, 5.74) is 1.81. The number of H-pyrrole nitrogens is 1. The van der Waals surface area contributed by atoms with Gasteiger partial charge in [0.1, 0.15) is 0 Å². The monoisotopic (exact) mass is 257 g/mol. The summed E-state index contributed by atoms with van der Waals surface area (Å²) >= 11 is 0. The van der Waals surface area contributed by atoms with Gasteiger partial charge in [0, 0.05) is 36.8 Å². The number of nitrogens with zero attached hydrogens (tertiary/aromatic N) is 1. The number of benzene rings is 1. The van der Waals surface area contributed by atoms with E-state index >= 15 is 0 Å². The van der Waals surface area contributed by atoms with E-state index in [4.69, 9.17) is 0 Å². The van der Waals surface area contributed by atoms with Crippen molar-refractivity contribution < 1.29 is 0 Å². The Morgan fingerprint density at radius 2 is 2.21 bits per heavy atom. The second-order valence-electron chi connectivity index (χ2n) is 5.33. The maximum atomic E-state index is 12.1. The molecule has 0 spiro atoms. The maximum Gasteiger partial charge on any atom is 0.251 e. The third-order valence-electron chi connectivity index (χ3n) is 3.76. The van der Waals surface area contributed by atoms with Crippen LogP contribution in [0, 0.1) is 0 Å². The van der Waals surface area contributed by atoms with Crippen LogP contribution in [0.25, 0.3) is 10.9 Å². The minimum atomic E-state index is 0.0359. The Balaban J connectivity index is 1.88. The highest BCUT2D eigenvalue weighted by atomic mass is 16.1. The fraction of sp³-hybridized carbons (Fsp3) is 0.400. The molecular weight excluding hydrogens is 238 g/mol. The topological polar surface area (TPSA) is 48.1 Å². The molecular formula is C15H19N3O. The van der Waals surface area contributed by atoms with Crippen LogP contribution in [-0.2, 0) is 6.42 Å². The van der Waals surface area contributed by atoms with Gasteiger partial charge < -0.3 is 15.2 Å². The van der Waals surface area contributed by atoms with E-state index in [9.17, 15) is 4.79 Å². The summed E-state index contributed by atoms with van der Waals surface area (Å²) in [6.07, 6.45) is 0.782. The van der Waals surface area contributed by atoms with E-state index in [1.165, 1.54) is 0 Å². The van der Waals surface area contributed by atoms with Crippen molar-refractivity contribution in [1.82, 2.24) is 15.2 Å². The number of piperazine rings is 1. The summed E-state index contributed by atoms with van der Waals surface area (Å²) in [5.74, 6) is 0. The van der Waals surface area contributed by atoms with Crippen LogP contribution in [0.15, 0.2) is 35.1 Å². The molecule has 2 heterocycles. The summed E-state index contributed by atoms with van der Waals surface area (Å²) in [7, 11) is 2.12. The number of fused-ring (bicyclic) bond motifs is 1. The summed E-state index contributed by atoms with van der Waals surface area (Å²) in [6, 6.07) is 10.3. The quantitative estimate of drug-likeness (QED) is 0.843. The lowest BCUT2D eigenvalue weighted by atomic mass is 10.0. The zero-order chi connectivity index (χ0) is 13.2. The Morgan fingerprint density at radius 3 is 3.05 bits per heavy atom. The summed E-state index contributed by atoms with van der Waals surface area (Å²) in [6.45, 7) is 3.06. The van der Waals surface area contributed by atoms with E-state index in [0.717, 1.165) is 42.5 Å². The first kappa shape index (κ1) is 12.4. The Morgan fingerprint density at radius 1 is 1.37 bits per heavy atom. The average Bonchev–Trinajstić information content (AvgIpc) is 2.40. The number of aromatic nitrogens is 1. The van der Waals surface area contributed by atoms with Crippen molar-refractivity contribution in [3.63, 3.8) is 0 Å². The molecule has 0 bridgehead atoms. The first-order valence-electron chi connectivity index (χ1n) is 6.75. The lowest BCUT2D eigenvalue weighted by Gasteiger charge is -2.30. The van der Waals surface area contributed by atoms with Crippen LogP contribution < -0.4 is 10.9 Å². The number of aromatic amines is 1. The molecule has 1 fully saturated rings. The molecule has 2 N–H and O–H groups in total. The first-order valence-corrected chi connectivity index (χ1v) is 6.75. The minimum Gasteiger partial charge on any atom is -0.322 e. The van der Waals surface area contributed by atoms with E-state index in [-0.39, 0.29) is 5.56 Å². The molecule has 1 aliphatic heterocycles. The molecule has 4 heteroatoms. The molecule has 1 saturated heterocycles. The molecule has 1 aromatic heterocycles. The smallest absolute Gasteiger partial charge is 0.251 e. The summed E-state index contributed by atoms with van der Waals surface area (Å²) < 4.78 is 0. The van der Waals surface area contributed by atoms with Gasteiger partial charge in [0.05, 0.1) is 0 Å². The van der Waals surface area contributed by atoms with Crippen molar-refractivity contribution in [2.24, 2.45) is 0 Å². The average molecular weight is 257 g/mol. The van der Waals surface area contributed by atoms with Crippen LogP contribution in [0.4, 0.5) is 0 Å². The van der Waals surface area contributed by atoms with Crippen LogP contribution in [0.3, 0.4) is 0 Å². The number of likely N-dealkylation sites (N-methyl/N-ethyl adjacent to an activating group) is 1. The Kier molecular flexibility index (Phi) is 3.36. The van der Waals surface area contributed by atoms with Crippen molar-refractivity contribution in [2.45, 2.75) is 12.5 Å². The second-order valence-corrected chi connectivity index (χ2v) is 5.33. The highest BCUT2D eigenvalue weighted by molar-refractivity contribution is 5.78. The highest BCUT2D eigenvalue weighted by Crippen LogP contribution is 2.12. The SMILES string of the molecule is CN1CCNC(Cc2cc3ccccc3[nH]c2=O)C1. The van der Waals surface area contributed by atoms with Gasteiger partial charge in [-0.25, -0.2) is 0 Å². The largest absolute Gasteiger partial charge is 0.322 e. The van der Waals surface area contributed by atoms with E-state index in [1.54, 1.807) is 0 Å². The molecule has 4 nitrogen and oxygen atoms in total. The Bertz CT molecular complexity index is 635. The first-order chi connectivity index (χ1) is 9.22. The predicted octanol–water partition coefficient (Wildman–Crippen LogP) is 0.974. The van der Waals surface area contributed by atoms with Gasteiger partial charge >= 0.3 is 0 Å². The number of hydrogen-bond donors (Lipinski definition) is 2. The lowest BCUT2D eigenvalue weighted by Crippen LogP contribution is -2.50. The molecule has 1 atom stereocenters. The molecule has 1 aromatic carbocycles. The number of hydrogen-bond acceptors (Lipinski definition) is 3. The minimum absolute atomic E-state index is 0.0359. The standard InChI is InChI=1S/C15H19N3O/c1-18-7-6-16-13(10-18)9-12-8-11-4-2-3-5-14(11)17-15(12)19/h2-5,8,13,16H,6-7,9-10H2,1H3,(H,17,19). The van der Waals surface area contributed by atoms with Gasteiger partial charge in [0.25, 0.3) is 5.56 Å². The number of rotatable bonds is 2. The Hall–Kier alpha value is -1.65. The van der Waals surface area contributed by atoms with Crippen LogP contribution in [-0.4, -0.2) is 42.6 Å². The normalized spacial score (nSPS) is 20.8. The van der Waals surface area contributed by atoms with Crippen molar-refractivity contribution in [3.8, 4) is 0 Å². The third kappa shape index (κ3) is 2.69. The van der Waals surface area contributed by atoms with E-state index in [1.807, 2.05) is 30.3 Å². The van der Waals surface area contributed by atoms with Gasteiger partial charge in [0.2, 0.25) is 0 Å². The van der Waals surface area contributed by atoms with Crippen LogP contribution in [0.1, 0.15) is 5.56 Å². The predicted molar refractivity (Wildman–Crippen MR) is 77.6 cm³/mol. The molecule has 0 radical (unpaired) electrons. The van der Waals surface area contributed by atoms with Crippen molar-refractivity contribution in [2.75, 3.05) is 26.7 Å². The van der Waals surface area contributed by atoms with Gasteiger partial charge in [-0.3, -0.25) is 4.79 Å². The second kappa shape index (κ2) is 5.15. The van der Waals surface area contributed by atoms with Crippen molar-refractivity contribution >= 4 is 10.9 Å². The summed E-state index contributed by atoms with van der Waals surface area (Å²) in [5, 5.41) is 4.58. The third-order valence-corrected chi connectivity index (χ3v) is 3.76. The zero-order valence-electron chi connectivity index (χ0n) is 11.1. The molecule has 3 rings (SSSR count). The highest BCUT2D eigenvalue weighted by Gasteiger charge is 2.18. The fourth-order valence-electron chi connectivity index (χ4n) is 2.74. The number of pyridine rings is 1. The molecule has 19 heavy (non-hydrogen) atoms. The van der Waals surface area contributed by atoms with Crippen molar-refractivity contribution in [3.05, 3.63) is 46.2 Å². The molecule has 1 unspecified atom stereocenters. The molecule has 100 valence electrons. The molecule has 0 saturated carbocycles. The lowest BCUT2D eigenvalue weighted by molar-refractivity contribution is 0.238.